The van der Waals surface area contributed by atoms with Gasteiger partial charge < -0.3 is 20.9 Å². The Kier molecular flexibility index (Phi) is 6.52. The Morgan fingerprint density at radius 2 is 1.95 bits per heavy atom. The number of carbonyl (C=O) groups is 3. The van der Waals surface area contributed by atoms with Gasteiger partial charge >= 0.3 is 11.9 Å². The van der Waals surface area contributed by atoms with Crippen molar-refractivity contribution in [1.29, 1.82) is 0 Å². The molecule has 4 N–H and O–H groups in total. The molecule has 1 amide bonds. The van der Waals surface area contributed by atoms with Crippen molar-refractivity contribution in [3.8, 4) is 0 Å². The molecule has 0 heterocycles. The minimum atomic E-state index is -1.22. The van der Waals surface area contributed by atoms with E-state index in [1.54, 1.807) is 0 Å². The number of hydrogen-bond acceptors (Lipinski definition) is 5. The highest BCUT2D eigenvalue weighted by atomic mass is 16.5. The summed E-state index contributed by atoms with van der Waals surface area (Å²) < 4.78 is 4.68. The molecule has 1 rings (SSSR count). The van der Waals surface area contributed by atoms with Gasteiger partial charge in [0.05, 0.1) is 19.6 Å². The van der Waals surface area contributed by atoms with E-state index >= 15 is 0 Å². The molecule has 0 aliphatic heterocycles. The summed E-state index contributed by atoms with van der Waals surface area (Å²) in [6.07, 6.45) is -0.269. The number of nitrogens with one attached hydrogen (secondary N) is 1. The predicted octanol–water partition coefficient (Wildman–Crippen LogP) is -0.00268. The predicted molar refractivity (Wildman–Crippen MR) is 79.1 cm³/mol. The lowest BCUT2D eigenvalue weighted by atomic mass is 10.0. The van der Waals surface area contributed by atoms with Gasteiger partial charge in [0, 0.05) is 6.42 Å². The van der Waals surface area contributed by atoms with Gasteiger partial charge in [0.1, 0.15) is 6.04 Å². The lowest BCUT2D eigenvalue weighted by molar-refractivity contribution is -0.145. The number of carbonyl (C=O) groups excluding carboxylic acids is 2. The second-order valence-electron chi connectivity index (χ2n) is 4.92. The summed E-state index contributed by atoms with van der Waals surface area (Å²) in [5.41, 5.74) is 7.34. The molecule has 0 saturated carbocycles. The van der Waals surface area contributed by atoms with Gasteiger partial charge in [-0.05, 0) is 18.1 Å². The smallest absolute Gasteiger partial charge is 0.328 e. The number of ether oxygens (including phenoxy) is 1. The lowest BCUT2D eigenvalue weighted by Gasteiger charge is -2.19. The molecule has 0 bridgehead atoms. The molecule has 0 aliphatic carbocycles. The van der Waals surface area contributed by atoms with E-state index in [0.29, 0.717) is 0 Å². The Balaban J connectivity index is 2.81. The van der Waals surface area contributed by atoms with Crippen LogP contribution in [-0.2, 0) is 25.5 Å². The first-order valence-corrected chi connectivity index (χ1v) is 6.75. The van der Waals surface area contributed by atoms with Crippen LogP contribution in [0.25, 0.3) is 0 Å². The number of carboxylic acids is 1. The summed E-state index contributed by atoms with van der Waals surface area (Å²) in [6, 6.07) is 5.29. The summed E-state index contributed by atoms with van der Waals surface area (Å²) in [4.78, 5) is 34.3. The zero-order valence-corrected chi connectivity index (χ0v) is 12.5. The second kappa shape index (κ2) is 8.14. The number of carboxylic acid groups (broad SMARTS) is 1. The monoisotopic (exact) mass is 308 g/mol. The number of nitrogens with two attached hydrogens (primary N) is 1. The SMILES string of the molecule is COC(=O)[C@H](Cc1ccccc1C)NC(=O)[C@@H](N)CC(=O)O. The third-order valence-electron chi connectivity index (χ3n) is 3.22. The van der Waals surface area contributed by atoms with Crippen molar-refractivity contribution in [2.24, 2.45) is 5.73 Å². The Morgan fingerprint density at radius 3 is 2.50 bits per heavy atom. The van der Waals surface area contributed by atoms with Crippen LogP contribution < -0.4 is 11.1 Å². The normalized spacial score (nSPS) is 13.0. The van der Waals surface area contributed by atoms with Gasteiger partial charge in [-0.25, -0.2) is 4.79 Å². The number of aryl methyl sites for hydroxylation is 1. The van der Waals surface area contributed by atoms with E-state index in [4.69, 9.17) is 10.8 Å². The minimum Gasteiger partial charge on any atom is -0.481 e. The molecule has 2 atom stereocenters. The van der Waals surface area contributed by atoms with E-state index in [-0.39, 0.29) is 6.42 Å². The number of rotatable bonds is 7. The number of esters is 1. The lowest BCUT2D eigenvalue weighted by Crippen LogP contribution is -2.50. The average Bonchev–Trinajstić information content (AvgIpc) is 2.47. The number of methoxy groups -OCH3 is 1. The van der Waals surface area contributed by atoms with Crippen LogP contribution in [0.4, 0.5) is 0 Å². The molecule has 0 unspecified atom stereocenters. The number of aliphatic carboxylic acids is 1. The number of hydrogen-bond donors (Lipinski definition) is 3. The van der Waals surface area contributed by atoms with Crippen molar-refractivity contribution in [1.82, 2.24) is 5.32 Å². The molecule has 0 radical (unpaired) electrons. The fourth-order valence-electron chi connectivity index (χ4n) is 1.95. The second-order valence-corrected chi connectivity index (χ2v) is 4.92. The third kappa shape index (κ3) is 5.17. The Morgan fingerprint density at radius 1 is 1.32 bits per heavy atom. The fourth-order valence-corrected chi connectivity index (χ4v) is 1.95. The molecule has 1 aromatic carbocycles. The van der Waals surface area contributed by atoms with E-state index in [0.717, 1.165) is 11.1 Å². The van der Waals surface area contributed by atoms with Crippen molar-refractivity contribution in [3.05, 3.63) is 35.4 Å². The highest BCUT2D eigenvalue weighted by molar-refractivity contribution is 5.89. The topological polar surface area (TPSA) is 119 Å². The largest absolute Gasteiger partial charge is 0.481 e. The molecule has 0 fully saturated rings. The van der Waals surface area contributed by atoms with Crippen molar-refractivity contribution in [3.63, 3.8) is 0 Å². The molecule has 0 aromatic heterocycles. The zero-order valence-electron chi connectivity index (χ0n) is 12.5. The van der Waals surface area contributed by atoms with Crippen LogP contribution in [0, 0.1) is 6.92 Å². The fraction of sp³-hybridized carbons (Fsp3) is 0.400. The van der Waals surface area contributed by atoms with Gasteiger partial charge in [0.2, 0.25) is 5.91 Å². The molecule has 7 heteroatoms. The molecular formula is C15H20N2O5. The van der Waals surface area contributed by atoms with E-state index in [2.05, 4.69) is 10.1 Å². The van der Waals surface area contributed by atoms with Gasteiger partial charge in [0.15, 0.2) is 0 Å². The third-order valence-corrected chi connectivity index (χ3v) is 3.22. The van der Waals surface area contributed by atoms with Crippen LogP contribution in [0.5, 0.6) is 0 Å². The highest BCUT2D eigenvalue weighted by Crippen LogP contribution is 2.10. The molecule has 0 saturated heterocycles. The van der Waals surface area contributed by atoms with Crippen LogP contribution in [0.3, 0.4) is 0 Å². The Labute approximate surface area is 128 Å². The molecule has 0 spiro atoms. The van der Waals surface area contributed by atoms with Crippen LogP contribution in [0.2, 0.25) is 0 Å². The van der Waals surface area contributed by atoms with Gasteiger partial charge in [-0.1, -0.05) is 24.3 Å². The van der Waals surface area contributed by atoms with E-state index in [1.165, 1.54) is 7.11 Å². The Hall–Kier alpha value is -2.41. The van der Waals surface area contributed by atoms with Crippen LogP contribution >= 0.6 is 0 Å². The minimum absolute atomic E-state index is 0.241. The molecule has 0 aliphatic rings. The van der Waals surface area contributed by atoms with Crippen molar-refractivity contribution >= 4 is 17.8 Å². The van der Waals surface area contributed by atoms with Crippen LogP contribution in [0.1, 0.15) is 17.5 Å². The average molecular weight is 308 g/mol. The molecular weight excluding hydrogens is 288 g/mol. The van der Waals surface area contributed by atoms with Crippen molar-refractivity contribution in [2.75, 3.05) is 7.11 Å². The highest BCUT2D eigenvalue weighted by Gasteiger charge is 2.26. The summed E-state index contributed by atoms with van der Waals surface area (Å²) in [5, 5.41) is 11.1. The van der Waals surface area contributed by atoms with Crippen LogP contribution in [-0.4, -0.2) is 42.1 Å². The summed E-state index contributed by atoms with van der Waals surface area (Å²) in [5.74, 6) is -2.50. The number of amides is 1. The van der Waals surface area contributed by atoms with Gasteiger partial charge in [-0.15, -0.1) is 0 Å². The van der Waals surface area contributed by atoms with Gasteiger partial charge in [-0.2, -0.15) is 0 Å². The maximum Gasteiger partial charge on any atom is 0.328 e. The molecule has 22 heavy (non-hydrogen) atoms. The standard InChI is InChI=1S/C15H20N2O5/c1-9-5-3-4-6-10(9)7-12(15(21)22-2)17-14(20)11(16)8-13(18)19/h3-6,11-12H,7-8,16H2,1-2H3,(H,17,20)(H,18,19)/t11-,12-/m0/s1. The first-order chi connectivity index (χ1) is 10.3. The Bertz CT molecular complexity index is 559. The summed E-state index contributed by atoms with van der Waals surface area (Å²) in [6.45, 7) is 1.89. The molecule has 7 nitrogen and oxygen atoms in total. The van der Waals surface area contributed by atoms with E-state index < -0.39 is 36.4 Å². The first kappa shape index (κ1) is 17.6. The van der Waals surface area contributed by atoms with Crippen molar-refractivity contribution in [2.45, 2.75) is 31.8 Å². The number of benzene rings is 1. The maximum atomic E-state index is 11.9. The van der Waals surface area contributed by atoms with Crippen LogP contribution in [0.15, 0.2) is 24.3 Å². The quantitative estimate of drug-likeness (QED) is 0.610. The van der Waals surface area contributed by atoms with Crippen molar-refractivity contribution < 1.29 is 24.2 Å². The maximum absolute atomic E-state index is 11.9. The van der Waals surface area contributed by atoms with E-state index in [1.807, 2.05) is 31.2 Å². The van der Waals surface area contributed by atoms with Gasteiger partial charge in [-0.3, -0.25) is 9.59 Å². The summed E-state index contributed by atoms with van der Waals surface area (Å²) >= 11 is 0. The molecule has 120 valence electrons. The molecule has 1 aromatic rings. The first-order valence-electron chi connectivity index (χ1n) is 6.75. The van der Waals surface area contributed by atoms with Gasteiger partial charge in [0.25, 0.3) is 0 Å². The zero-order chi connectivity index (χ0) is 16.7. The summed E-state index contributed by atoms with van der Waals surface area (Å²) in [7, 11) is 1.22. The van der Waals surface area contributed by atoms with E-state index in [9.17, 15) is 14.4 Å².